The number of fused-ring (bicyclic) bond motifs is 4. The average molecular weight is 553 g/mol. The molecule has 2 aliphatic rings. The Balaban J connectivity index is 0.000000225. The molecule has 0 amide bonds. The Morgan fingerprint density at radius 2 is 1.90 bits per heavy atom. The molecule has 6 heteroatoms. The standard InChI is InChI=1S/C14H14N2O2.C10H24N2.C10H18/c1-8-11-7-17-13-6-12-9(3-4-16(12)2)5-10(13)14(11)15-18-8;1-4-6-9-12(5-2)10-7-8-11-3;1-4-5-6-7-8-9-10(2)3/h3-6,8,11H,7H2,1-2H3;11H,4-10H2,1-3H3;5-6,9H,4,7-8H2,1-3H3/b;;6-5+. The zero-order chi connectivity index (χ0) is 29.3. The summed E-state index contributed by atoms with van der Waals surface area (Å²) < 4.78 is 7.96. The first-order valence-corrected chi connectivity index (χ1v) is 15.5. The summed E-state index contributed by atoms with van der Waals surface area (Å²) in [6, 6.07) is 6.35. The average Bonchev–Trinajstić information content (AvgIpc) is 3.52. The number of hydrogen-bond acceptors (Lipinski definition) is 5. The molecule has 2 aromatic rings. The summed E-state index contributed by atoms with van der Waals surface area (Å²) in [5, 5.41) is 8.61. The van der Waals surface area contributed by atoms with E-state index in [1.54, 1.807) is 0 Å². The third-order valence-corrected chi connectivity index (χ3v) is 7.38. The summed E-state index contributed by atoms with van der Waals surface area (Å²) in [7, 11) is 4.06. The predicted octanol–water partition coefficient (Wildman–Crippen LogP) is 7.73. The number of rotatable bonds is 12. The zero-order valence-electron chi connectivity index (χ0n) is 26.6. The second-order valence-electron chi connectivity index (χ2n) is 11.0. The van der Waals surface area contributed by atoms with Crippen LogP contribution < -0.4 is 10.1 Å². The number of unbranched alkanes of at least 4 members (excludes halogenated alkanes) is 2. The first kappa shape index (κ1) is 33.6. The number of hydrogen-bond donors (Lipinski definition) is 1. The highest BCUT2D eigenvalue weighted by Gasteiger charge is 2.37. The lowest BCUT2D eigenvalue weighted by Crippen LogP contribution is -2.32. The molecule has 1 aromatic carbocycles. The highest BCUT2D eigenvalue weighted by Crippen LogP contribution is 2.36. The van der Waals surface area contributed by atoms with Crippen LogP contribution >= 0.6 is 0 Å². The second-order valence-corrected chi connectivity index (χ2v) is 11.0. The Morgan fingerprint density at radius 3 is 2.58 bits per heavy atom. The Hall–Kier alpha value is -2.57. The van der Waals surface area contributed by atoms with Gasteiger partial charge < -0.3 is 24.4 Å². The molecule has 224 valence electrons. The first-order valence-electron chi connectivity index (χ1n) is 15.5. The SMILES string of the molecule is CC/C=C/CCC=C(C)C.CC1ON=C2c3cc4ccn(C)c4cc3OCC21.CCCCN(CC)CCCNC. The Bertz CT molecular complexity index is 1080. The van der Waals surface area contributed by atoms with E-state index >= 15 is 0 Å². The number of ether oxygens (including phenoxy) is 1. The third kappa shape index (κ3) is 10.8. The van der Waals surface area contributed by atoms with Gasteiger partial charge in [0, 0.05) is 30.3 Å². The van der Waals surface area contributed by atoms with Crippen LogP contribution in [0.2, 0.25) is 0 Å². The molecule has 1 aromatic heterocycles. The third-order valence-electron chi connectivity index (χ3n) is 7.38. The summed E-state index contributed by atoms with van der Waals surface area (Å²) >= 11 is 0. The van der Waals surface area contributed by atoms with Crippen molar-refractivity contribution < 1.29 is 9.57 Å². The van der Waals surface area contributed by atoms with Gasteiger partial charge in [0.05, 0.1) is 11.4 Å². The maximum absolute atomic E-state index is 5.87. The second kappa shape index (κ2) is 18.7. The molecule has 0 fully saturated rings. The predicted molar refractivity (Wildman–Crippen MR) is 173 cm³/mol. The summed E-state index contributed by atoms with van der Waals surface area (Å²) in [6.45, 7) is 18.5. The largest absolute Gasteiger partial charge is 0.492 e. The lowest BCUT2D eigenvalue weighted by molar-refractivity contribution is 0.0626. The molecule has 2 unspecified atom stereocenters. The van der Waals surface area contributed by atoms with Crippen molar-refractivity contribution in [3.05, 3.63) is 53.8 Å². The van der Waals surface area contributed by atoms with E-state index in [1.165, 1.54) is 68.2 Å². The Kier molecular flexibility index (Phi) is 15.7. The summed E-state index contributed by atoms with van der Waals surface area (Å²) in [4.78, 5) is 7.91. The van der Waals surface area contributed by atoms with Gasteiger partial charge in [0.15, 0.2) is 0 Å². The number of nitrogens with zero attached hydrogens (tertiary/aromatic N) is 3. The van der Waals surface area contributed by atoms with Crippen molar-refractivity contribution in [3.63, 3.8) is 0 Å². The highest BCUT2D eigenvalue weighted by atomic mass is 16.6. The molecule has 1 N–H and O–H groups in total. The smallest absolute Gasteiger partial charge is 0.136 e. The van der Waals surface area contributed by atoms with E-state index in [0.717, 1.165) is 30.0 Å². The van der Waals surface area contributed by atoms with Gasteiger partial charge in [-0.25, -0.2) is 0 Å². The van der Waals surface area contributed by atoms with Gasteiger partial charge in [0.2, 0.25) is 0 Å². The highest BCUT2D eigenvalue weighted by molar-refractivity contribution is 6.08. The van der Waals surface area contributed by atoms with E-state index in [1.807, 2.05) is 21.0 Å². The van der Waals surface area contributed by atoms with Crippen LogP contribution in [-0.4, -0.2) is 61.1 Å². The van der Waals surface area contributed by atoms with E-state index in [2.05, 4.69) is 97.2 Å². The van der Waals surface area contributed by atoms with Gasteiger partial charge in [-0.3, -0.25) is 0 Å². The van der Waals surface area contributed by atoms with Crippen molar-refractivity contribution in [3.8, 4) is 5.75 Å². The summed E-state index contributed by atoms with van der Waals surface area (Å²) in [6.07, 6.45) is 16.4. The molecule has 0 radical (unpaired) electrons. The van der Waals surface area contributed by atoms with Crippen LogP contribution in [0.4, 0.5) is 0 Å². The Labute approximate surface area is 244 Å². The number of aromatic nitrogens is 1. The molecule has 4 rings (SSSR count). The van der Waals surface area contributed by atoms with Crippen LogP contribution in [0.1, 0.15) is 85.6 Å². The van der Waals surface area contributed by atoms with Gasteiger partial charge in [-0.1, -0.05) is 56.1 Å². The van der Waals surface area contributed by atoms with Crippen molar-refractivity contribution in [1.82, 2.24) is 14.8 Å². The normalized spacial score (nSPS) is 17.2. The van der Waals surface area contributed by atoms with Crippen LogP contribution in [0.5, 0.6) is 5.75 Å². The number of nitrogens with one attached hydrogen (secondary N) is 1. The van der Waals surface area contributed by atoms with Crippen LogP contribution in [0, 0.1) is 5.92 Å². The number of allylic oxidation sites excluding steroid dienone is 4. The molecule has 3 heterocycles. The molecule has 6 nitrogen and oxygen atoms in total. The molecule has 0 spiro atoms. The summed E-state index contributed by atoms with van der Waals surface area (Å²) in [5.41, 5.74) is 4.72. The van der Waals surface area contributed by atoms with E-state index in [-0.39, 0.29) is 12.0 Å². The molecule has 0 aliphatic carbocycles. The maximum Gasteiger partial charge on any atom is 0.136 e. The fraction of sp³-hybridized carbons (Fsp3) is 0.618. The van der Waals surface area contributed by atoms with E-state index in [9.17, 15) is 0 Å². The quantitative estimate of drug-likeness (QED) is 0.216. The molecule has 2 atom stereocenters. The zero-order valence-corrected chi connectivity index (χ0v) is 26.6. The van der Waals surface area contributed by atoms with Crippen molar-refractivity contribution in [2.24, 2.45) is 18.1 Å². The van der Waals surface area contributed by atoms with Crippen LogP contribution in [-0.2, 0) is 11.9 Å². The Morgan fingerprint density at radius 1 is 1.12 bits per heavy atom. The lowest BCUT2D eigenvalue weighted by Gasteiger charge is -2.24. The number of aryl methyl sites for hydroxylation is 1. The number of benzene rings is 1. The van der Waals surface area contributed by atoms with Gasteiger partial charge in [-0.15, -0.1) is 0 Å². The first-order chi connectivity index (χ1) is 19.4. The molecule has 2 aliphatic heterocycles. The monoisotopic (exact) mass is 552 g/mol. The molecule has 0 saturated carbocycles. The lowest BCUT2D eigenvalue weighted by atomic mass is 9.90. The van der Waals surface area contributed by atoms with Crippen molar-refractivity contribution >= 4 is 16.6 Å². The van der Waals surface area contributed by atoms with Gasteiger partial charge in [0.25, 0.3) is 0 Å². The van der Waals surface area contributed by atoms with Crippen LogP contribution in [0.15, 0.2) is 53.4 Å². The van der Waals surface area contributed by atoms with Crippen LogP contribution in [0.3, 0.4) is 0 Å². The van der Waals surface area contributed by atoms with E-state index < -0.39 is 0 Å². The molecule has 0 bridgehead atoms. The fourth-order valence-corrected chi connectivity index (χ4v) is 4.81. The van der Waals surface area contributed by atoms with Crippen molar-refractivity contribution in [2.75, 3.05) is 39.8 Å². The molecule has 0 saturated heterocycles. The minimum absolute atomic E-state index is 0.111. The van der Waals surface area contributed by atoms with Crippen molar-refractivity contribution in [2.45, 2.75) is 86.2 Å². The molecular weight excluding hydrogens is 496 g/mol. The van der Waals surface area contributed by atoms with Crippen LogP contribution in [0.25, 0.3) is 10.9 Å². The minimum atomic E-state index is 0.111. The minimum Gasteiger partial charge on any atom is -0.492 e. The number of oxime groups is 1. The van der Waals surface area contributed by atoms with E-state index in [0.29, 0.717) is 6.61 Å². The molecular formula is C34H56N4O2. The van der Waals surface area contributed by atoms with Gasteiger partial charge >= 0.3 is 0 Å². The summed E-state index contributed by atoms with van der Waals surface area (Å²) in [5.74, 6) is 1.18. The fourth-order valence-electron chi connectivity index (χ4n) is 4.81. The van der Waals surface area contributed by atoms with Gasteiger partial charge in [0.1, 0.15) is 24.2 Å². The maximum atomic E-state index is 5.87. The topological polar surface area (TPSA) is 51.0 Å². The van der Waals surface area contributed by atoms with Gasteiger partial charge in [-0.2, -0.15) is 0 Å². The molecule has 40 heavy (non-hydrogen) atoms. The van der Waals surface area contributed by atoms with Crippen molar-refractivity contribution in [1.29, 1.82) is 0 Å². The van der Waals surface area contributed by atoms with E-state index in [4.69, 9.17) is 9.57 Å². The van der Waals surface area contributed by atoms with Gasteiger partial charge in [-0.05, 0) is 98.2 Å².